The Bertz CT molecular complexity index is 341. The van der Waals surface area contributed by atoms with Crippen LogP contribution in [0.3, 0.4) is 0 Å². The van der Waals surface area contributed by atoms with E-state index in [1.807, 2.05) is 26.0 Å². The second kappa shape index (κ2) is 10.2. The molecule has 2 N–H and O–H groups in total. The molecule has 0 bridgehead atoms. The molecule has 1 aromatic carbocycles. The smallest absolute Gasteiger partial charge is 0.183 e. The number of hydrogen-bond donors (Lipinski definition) is 1. The predicted molar refractivity (Wildman–Crippen MR) is 81.7 cm³/mol. The monoisotopic (exact) mass is 287 g/mol. The summed E-state index contributed by atoms with van der Waals surface area (Å²) in [6, 6.07) is 8.53. The maximum atomic E-state index is 5.99. The molecular formula is C15H26ClNO2. The van der Waals surface area contributed by atoms with Crippen LogP contribution in [0, 0.1) is 0 Å². The van der Waals surface area contributed by atoms with Gasteiger partial charge in [-0.05, 0) is 32.3 Å². The quantitative estimate of drug-likeness (QED) is 0.745. The van der Waals surface area contributed by atoms with E-state index in [1.165, 1.54) is 5.56 Å². The van der Waals surface area contributed by atoms with E-state index in [0.717, 1.165) is 18.4 Å². The molecule has 0 aliphatic rings. The lowest BCUT2D eigenvalue weighted by atomic mass is 10.0. The molecule has 1 unspecified atom stereocenters. The maximum absolute atomic E-state index is 5.99. The van der Waals surface area contributed by atoms with Crippen molar-refractivity contribution < 1.29 is 9.47 Å². The first-order valence-electron chi connectivity index (χ1n) is 6.78. The first-order chi connectivity index (χ1) is 8.71. The van der Waals surface area contributed by atoms with Crippen LogP contribution in [0.1, 0.15) is 44.6 Å². The van der Waals surface area contributed by atoms with Crippen molar-refractivity contribution in [2.75, 3.05) is 13.2 Å². The maximum Gasteiger partial charge on any atom is 0.183 e. The molecule has 0 radical (unpaired) electrons. The molecule has 0 saturated heterocycles. The van der Waals surface area contributed by atoms with Gasteiger partial charge in [-0.25, -0.2) is 0 Å². The first-order valence-corrected chi connectivity index (χ1v) is 6.78. The molecule has 0 fully saturated rings. The van der Waals surface area contributed by atoms with Crippen molar-refractivity contribution in [3.05, 3.63) is 35.4 Å². The van der Waals surface area contributed by atoms with E-state index in [2.05, 4.69) is 19.1 Å². The van der Waals surface area contributed by atoms with Gasteiger partial charge in [0.1, 0.15) is 0 Å². The summed E-state index contributed by atoms with van der Waals surface area (Å²) in [6.45, 7) is 7.34. The lowest BCUT2D eigenvalue weighted by molar-refractivity contribution is -0.140. The van der Waals surface area contributed by atoms with E-state index in [4.69, 9.17) is 15.2 Å². The number of benzene rings is 1. The standard InChI is InChI=1S/C15H25NO2.ClH/c1-4-14(16)11-12-8-7-9-13(10-12)15(17-5-2)18-6-3;/h7-10,14-15H,4-6,11,16H2,1-3H3;1H. The van der Waals surface area contributed by atoms with Crippen molar-refractivity contribution in [3.8, 4) is 0 Å². The van der Waals surface area contributed by atoms with E-state index in [1.54, 1.807) is 0 Å². The molecule has 1 rings (SSSR count). The second-order valence-electron chi connectivity index (χ2n) is 4.36. The van der Waals surface area contributed by atoms with Crippen molar-refractivity contribution in [1.82, 2.24) is 0 Å². The van der Waals surface area contributed by atoms with Gasteiger partial charge in [-0.2, -0.15) is 0 Å². The van der Waals surface area contributed by atoms with Crippen LogP contribution in [0.4, 0.5) is 0 Å². The van der Waals surface area contributed by atoms with Crippen molar-refractivity contribution in [2.24, 2.45) is 5.73 Å². The van der Waals surface area contributed by atoms with E-state index < -0.39 is 0 Å². The Morgan fingerprint density at radius 1 is 1.11 bits per heavy atom. The molecule has 0 spiro atoms. The third kappa shape index (κ3) is 6.39. The van der Waals surface area contributed by atoms with Crippen LogP contribution >= 0.6 is 12.4 Å². The molecular weight excluding hydrogens is 262 g/mol. The lowest BCUT2D eigenvalue weighted by Crippen LogP contribution is -2.21. The molecule has 110 valence electrons. The molecule has 3 nitrogen and oxygen atoms in total. The number of halogens is 1. The Morgan fingerprint density at radius 3 is 2.26 bits per heavy atom. The van der Waals surface area contributed by atoms with Gasteiger partial charge < -0.3 is 15.2 Å². The molecule has 0 aliphatic carbocycles. The zero-order chi connectivity index (χ0) is 13.4. The van der Waals surface area contributed by atoms with E-state index >= 15 is 0 Å². The first kappa shape index (κ1) is 18.4. The predicted octanol–water partition coefficient (Wildman–Crippen LogP) is 3.46. The summed E-state index contributed by atoms with van der Waals surface area (Å²) in [6.07, 6.45) is 1.62. The van der Waals surface area contributed by atoms with Gasteiger partial charge in [0.2, 0.25) is 0 Å². The van der Waals surface area contributed by atoms with Crippen LogP contribution in [0.25, 0.3) is 0 Å². The minimum atomic E-state index is -0.266. The SMILES string of the molecule is CCOC(OCC)c1cccc(CC(N)CC)c1.Cl. The van der Waals surface area contributed by atoms with Gasteiger partial charge in [-0.15, -0.1) is 12.4 Å². The fourth-order valence-electron chi connectivity index (χ4n) is 1.86. The van der Waals surface area contributed by atoms with Crippen molar-refractivity contribution in [1.29, 1.82) is 0 Å². The lowest BCUT2D eigenvalue weighted by Gasteiger charge is -2.18. The zero-order valence-corrected chi connectivity index (χ0v) is 12.9. The number of rotatable bonds is 8. The molecule has 1 atom stereocenters. The van der Waals surface area contributed by atoms with Gasteiger partial charge in [0.05, 0.1) is 0 Å². The third-order valence-corrected chi connectivity index (χ3v) is 2.88. The Balaban J connectivity index is 0.00000324. The second-order valence-corrected chi connectivity index (χ2v) is 4.36. The zero-order valence-electron chi connectivity index (χ0n) is 12.1. The summed E-state index contributed by atoms with van der Waals surface area (Å²) in [5, 5.41) is 0. The van der Waals surface area contributed by atoms with E-state index in [9.17, 15) is 0 Å². The average molecular weight is 288 g/mol. The summed E-state index contributed by atoms with van der Waals surface area (Å²) in [4.78, 5) is 0. The largest absolute Gasteiger partial charge is 0.349 e. The molecule has 4 heteroatoms. The highest BCUT2D eigenvalue weighted by atomic mass is 35.5. The van der Waals surface area contributed by atoms with Gasteiger partial charge in [0.15, 0.2) is 6.29 Å². The van der Waals surface area contributed by atoms with Crippen LogP contribution in [0.15, 0.2) is 24.3 Å². The summed E-state index contributed by atoms with van der Waals surface area (Å²) < 4.78 is 11.2. The van der Waals surface area contributed by atoms with Gasteiger partial charge in [-0.1, -0.05) is 31.2 Å². The minimum Gasteiger partial charge on any atom is -0.349 e. The molecule has 1 aromatic rings. The van der Waals surface area contributed by atoms with Crippen molar-refractivity contribution >= 4 is 12.4 Å². The van der Waals surface area contributed by atoms with Crippen LogP contribution in [0.2, 0.25) is 0 Å². The number of ether oxygens (including phenoxy) is 2. The molecule has 0 amide bonds. The molecule has 0 aromatic heterocycles. The fraction of sp³-hybridized carbons (Fsp3) is 0.600. The Labute approximate surface area is 122 Å². The van der Waals surface area contributed by atoms with Crippen LogP contribution < -0.4 is 5.73 Å². The van der Waals surface area contributed by atoms with Crippen molar-refractivity contribution in [2.45, 2.75) is 45.9 Å². The van der Waals surface area contributed by atoms with Gasteiger partial charge >= 0.3 is 0 Å². The van der Waals surface area contributed by atoms with Crippen molar-refractivity contribution in [3.63, 3.8) is 0 Å². The molecule has 0 aliphatic heterocycles. The highest BCUT2D eigenvalue weighted by Gasteiger charge is 2.12. The molecule has 0 heterocycles. The Morgan fingerprint density at radius 2 is 1.74 bits per heavy atom. The Hall–Kier alpha value is -0.610. The van der Waals surface area contributed by atoms with Crippen LogP contribution in [0.5, 0.6) is 0 Å². The Kier molecular flexibility index (Phi) is 9.88. The van der Waals surface area contributed by atoms with Gasteiger partial charge in [0.25, 0.3) is 0 Å². The van der Waals surface area contributed by atoms with Crippen LogP contribution in [-0.4, -0.2) is 19.3 Å². The van der Waals surface area contributed by atoms with Crippen LogP contribution in [-0.2, 0) is 15.9 Å². The highest BCUT2D eigenvalue weighted by molar-refractivity contribution is 5.85. The van der Waals surface area contributed by atoms with E-state index in [-0.39, 0.29) is 24.7 Å². The average Bonchev–Trinajstić information content (AvgIpc) is 2.38. The van der Waals surface area contributed by atoms with Gasteiger partial charge in [0, 0.05) is 24.8 Å². The topological polar surface area (TPSA) is 44.5 Å². The summed E-state index contributed by atoms with van der Waals surface area (Å²) in [5.74, 6) is 0. The normalized spacial score (nSPS) is 12.3. The van der Waals surface area contributed by atoms with Gasteiger partial charge in [-0.3, -0.25) is 0 Å². The van der Waals surface area contributed by atoms with E-state index in [0.29, 0.717) is 13.2 Å². The number of hydrogen-bond acceptors (Lipinski definition) is 3. The fourth-order valence-corrected chi connectivity index (χ4v) is 1.86. The summed E-state index contributed by atoms with van der Waals surface area (Å²) >= 11 is 0. The third-order valence-electron chi connectivity index (χ3n) is 2.88. The summed E-state index contributed by atoms with van der Waals surface area (Å²) in [7, 11) is 0. The molecule has 0 saturated carbocycles. The highest BCUT2D eigenvalue weighted by Crippen LogP contribution is 2.20. The molecule has 19 heavy (non-hydrogen) atoms. The minimum absolute atomic E-state index is 0. The summed E-state index contributed by atoms with van der Waals surface area (Å²) in [5.41, 5.74) is 8.30. The number of nitrogens with two attached hydrogens (primary N) is 1.